The van der Waals surface area contributed by atoms with Gasteiger partial charge in [0.2, 0.25) is 0 Å². The standard InChI is InChI=1S/C11H14N2O3/c1-8(2)10(7-14)13-16-11(15)9-4-3-5-12-6-9/h3-8,10,13H,1-2H3/t10-/m1/s1. The van der Waals surface area contributed by atoms with Gasteiger partial charge in [-0.05, 0) is 18.1 Å². The zero-order valence-electron chi connectivity index (χ0n) is 9.21. The van der Waals surface area contributed by atoms with E-state index in [4.69, 9.17) is 4.84 Å². The first-order valence-corrected chi connectivity index (χ1v) is 4.97. The molecule has 0 aliphatic carbocycles. The van der Waals surface area contributed by atoms with E-state index in [1.165, 1.54) is 6.20 Å². The summed E-state index contributed by atoms with van der Waals surface area (Å²) in [5.74, 6) is -0.500. The van der Waals surface area contributed by atoms with Gasteiger partial charge in [-0.15, -0.1) is 5.48 Å². The minimum absolute atomic E-state index is 0.0548. The Morgan fingerprint density at radius 1 is 1.56 bits per heavy atom. The van der Waals surface area contributed by atoms with E-state index >= 15 is 0 Å². The van der Waals surface area contributed by atoms with Crippen LogP contribution in [0.25, 0.3) is 0 Å². The number of hydroxylamine groups is 1. The van der Waals surface area contributed by atoms with Gasteiger partial charge in [0.25, 0.3) is 0 Å². The predicted octanol–water partition coefficient (Wildman–Crippen LogP) is 0.967. The molecule has 1 aromatic rings. The Balaban J connectivity index is 2.50. The van der Waals surface area contributed by atoms with Gasteiger partial charge in [0.15, 0.2) is 0 Å². The molecular weight excluding hydrogens is 208 g/mol. The normalized spacial score (nSPS) is 12.2. The summed E-state index contributed by atoms with van der Waals surface area (Å²) < 4.78 is 0. The molecule has 1 heterocycles. The van der Waals surface area contributed by atoms with Gasteiger partial charge in [0, 0.05) is 12.4 Å². The van der Waals surface area contributed by atoms with Gasteiger partial charge in [0.05, 0.1) is 5.56 Å². The summed E-state index contributed by atoms with van der Waals surface area (Å²) in [5, 5.41) is 0. The molecule has 1 aromatic heterocycles. The van der Waals surface area contributed by atoms with Crippen LogP contribution in [-0.2, 0) is 9.63 Å². The van der Waals surface area contributed by atoms with Crippen LogP contribution < -0.4 is 5.48 Å². The van der Waals surface area contributed by atoms with E-state index in [1.54, 1.807) is 18.3 Å². The van der Waals surface area contributed by atoms with Crippen molar-refractivity contribution in [2.45, 2.75) is 19.9 Å². The van der Waals surface area contributed by atoms with Crippen LogP contribution >= 0.6 is 0 Å². The topological polar surface area (TPSA) is 68.3 Å². The van der Waals surface area contributed by atoms with Crippen LogP contribution in [0.2, 0.25) is 0 Å². The summed E-state index contributed by atoms with van der Waals surface area (Å²) in [7, 11) is 0. The summed E-state index contributed by atoms with van der Waals surface area (Å²) in [6.45, 7) is 3.70. The molecule has 86 valence electrons. The Labute approximate surface area is 93.8 Å². The second-order valence-corrected chi connectivity index (χ2v) is 3.65. The molecule has 0 spiro atoms. The zero-order valence-corrected chi connectivity index (χ0v) is 9.21. The summed E-state index contributed by atoms with van der Waals surface area (Å²) in [6.07, 6.45) is 3.67. The first-order valence-electron chi connectivity index (χ1n) is 4.97. The Bertz CT molecular complexity index is 352. The third-order valence-corrected chi connectivity index (χ3v) is 2.05. The van der Waals surface area contributed by atoms with E-state index in [0.29, 0.717) is 11.8 Å². The number of carbonyl (C=O) groups is 2. The number of carbonyl (C=O) groups excluding carboxylic acids is 2. The number of rotatable bonds is 5. The van der Waals surface area contributed by atoms with Crippen LogP contribution in [-0.4, -0.2) is 23.3 Å². The Kier molecular flexibility index (Phi) is 4.60. The van der Waals surface area contributed by atoms with Crippen molar-refractivity contribution in [2.75, 3.05) is 0 Å². The Morgan fingerprint density at radius 3 is 2.81 bits per heavy atom. The largest absolute Gasteiger partial charge is 0.366 e. The van der Waals surface area contributed by atoms with Crippen LogP contribution in [0.15, 0.2) is 24.5 Å². The lowest BCUT2D eigenvalue weighted by Gasteiger charge is -2.15. The van der Waals surface area contributed by atoms with Crippen LogP contribution in [0.1, 0.15) is 24.2 Å². The highest BCUT2D eigenvalue weighted by atomic mass is 16.7. The van der Waals surface area contributed by atoms with Gasteiger partial charge in [0.1, 0.15) is 12.3 Å². The lowest BCUT2D eigenvalue weighted by atomic mass is 10.1. The third-order valence-electron chi connectivity index (χ3n) is 2.05. The minimum atomic E-state index is -0.555. The molecule has 5 heteroatoms. The lowest BCUT2D eigenvalue weighted by Crippen LogP contribution is -2.36. The maximum Gasteiger partial charge on any atom is 0.358 e. The van der Waals surface area contributed by atoms with Crippen molar-refractivity contribution < 1.29 is 14.4 Å². The average molecular weight is 222 g/mol. The second-order valence-electron chi connectivity index (χ2n) is 3.65. The van der Waals surface area contributed by atoms with Gasteiger partial charge in [-0.1, -0.05) is 13.8 Å². The number of hydrogen-bond acceptors (Lipinski definition) is 5. The SMILES string of the molecule is CC(C)[C@@H](C=O)NOC(=O)c1cccnc1. The number of nitrogens with zero attached hydrogens (tertiary/aromatic N) is 1. The smallest absolute Gasteiger partial charge is 0.358 e. The monoisotopic (exact) mass is 222 g/mol. The number of pyridine rings is 1. The van der Waals surface area contributed by atoms with E-state index in [1.807, 2.05) is 13.8 Å². The fourth-order valence-electron chi connectivity index (χ4n) is 0.985. The molecule has 0 bridgehead atoms. The fourth-order valence-corrected chi connectivity index (χ4v) is 0.985. The van der Waals surface area contributed by atoms with Crippen molar-refractivity contribution in [1.82, 2.24) is 10.5 Å². The molecule has 0 aliphatic rings. The van der Waals surface area contributed by atoms with Gasteiger partial charge in [-0.25, -0.2) is 4.79 Å². The van der Waals surface area contributed by atoms with E-state index in [-0.39, 0.29) is 5.92 Å². The molecule has 1 N–H and O–H groups in total. The molecule has 5 nitrogen and oxygen atoms in total. The average Bonchev–Trinajstić information content (AvgIpc) is 2.30. The van der Waals surface area contributed by atoms with Crippen molar-refractivity contribution in [3.05, 3.63) is 30.1 Å². The molecule has 1 rings (SSSR count). The maximum absolute atomic E-state index is 11.4. The van der Waals surface area contributed by atoms with Crippen LogP contribution in [0.4, 0.5) is 0 Å². The van der Waals surface area contributed by atoms with E-state index in [2.05, 4.69) is 10.5 Å². The van der Waals surface area contributed by atoms with Gasteiger partial charge >= 0.3 is 5.97 Å². The fraction of sp³-hybridized carbons (Fsp3) is 0.364. The highest BCUT2D eigenvalue weighted by molar-refractivity contribution is 5.88. The molecule has 0 unspecified atom stereocenters. The highest BCUT2D eigenvalue weighted by Gasteiger charge is 2.15. The first kappa shape index (κ1) is 12.3. The molecule has 0 saturated heterocycles. The molecular formula is C11H14N2O3. The minimum Gasteiger partial charge on any atom is -0.366 e. The maximum atomic E-state index is 11.4. The van der Waals surface area contributed by atoms with Crippen molar-refractivity contribution in [1.29, 1.82) is 0 Å². The second kappa shape index (κ2) is 5.97. The predicted molar refractivity (Wildman–Crippen MR) is 57.5 cm³/mol. The molecule has 0 aliphatic heterocycles. The number of nitrogens with one attached hydrogen (secondary N) is 1. The molecule has 0 fully saturated rings. The van der Waals surface area contributed by atoms with Crippen molar-refractivity contribution >= 4 is 12.3 Å². The third kappa shape index (κ3) is 3.43. The number of aromatic nitrogens is 1. The summed E-state index contributed by atoms with van der Waals surface area (Å²) in [5.41, 5.74) is 2.76. The quantitative estimate of drug-likeness (QED) is 0.593. The van der Waals surface area contributed by atoms with E-state index in [0.717, 1.165) is 0 Å². The first-order chi connectivity index (χ1) is 7.65. The Morgan fingerprint density at radius 2 is 2.31 bits per heavy atom. The van der Waals surface area contributed by atoms with E-state index in [9.17, 15) is 9.59 Å². The molecule has 16 heavy (non-hydrogen) atoms. The van der Waals surface area contributed by atoms with Crippen molar-refractivity contribution in [3.63, 3.8) is 0 Å². The Hall–Kier alpha value is -1.75. The lowest BCUT2D eigenvalue weighted by molar-refractivity contribution is -0.113. The molecule has 0 radical (unpaired) electrons. The van der Waals surface area contributed by atoms with Gasteiger partial charge < -0.3 is 9.63 Å². The van der Waals surface area contributed by atoms with Crippen LogP contribution in [0.5, 0.6) is 0 Å². The summed E-state index contributed by atoms with van der Waals surface area (Å²) in [4.78, 5) is 30.6. The number of hydrogen-bond donors (Lipinski definition) is 1. The van der Waals surface area contributed by atoms with Crippen LogP contribution in [0, 0.1) is 5.92 Å². The van der Waals surface area contributed by atoms with Gasteiger partial charge in [-0.2, -0.15) is 0 Å². The zero-order chi connectivity index (χ0) is 12.0. The molecule has 0 saturated carbocycles. The number of aldehydes is 1. The van der Waals surface area contributed by atoms with Crippen LogP contribution in [0.3, 0.4) is 0 Å². The van der Waals surface area contributed by atoms with Gasteiger partial charge in [-0.3, -0.25) is 4.98 Å². The van der Waals surface area contributed by atoms with Crippen molar-refractivity contribution in [3.8, 4) is 0 Å². The highest BCUT2D eigenvalue weighted by Crippen LogP contribution is 2.01. The molecule has 0 amide bonds. The molecule has 0 aromatic carbocycles. The van der Waals surface area contributed by atoms with E-state index < -0.39 is 12.0 Å². The molecule has 1 atom stereocenters. The summed E-state index contributed by atoms with van der Waals surface area (Å²) >= 11 is 0. The summed E-state index contributed by atoms with van der Waals surface area (Å²) in [6, 6.07) is 2.72. The van der Waals surface area contributed by atoms with Crippen molar-refractivity contribution in [2.24, 2.45) is 5.92 Å².